The molecule has 0 bridgehead atoms. The minimum absolute atomic E-state index is 0.105. The fraction of sp³-hybridized carbons (Fsp3) is 0.375. The number of aromatic nitrogens is 2. The smallest absolute Gasteiger partial charge is 0.322 e. The summed E-state index contributed by atoms with van der Waals surface area (Å²) in [6.45, 7) is 4.99. The highest BCUT2D eigenvalue weighted by Crippen LogP contribution is 2.34. The number of nitrogens with one attached hydrogen (secondary N) is 3. The standard InChI is InChI=1S/C16H19F3N4O/c1-9(12-6-4-5-7-13(12)16(17,18)19)20-8-14(24)21-15-10(2)22-23-11(15)3/h4-7,9,20H,8H2,1-3H3,(H,21,24)(H,22,23). The van der Waals surface area contributed by atoms with E-state index in [1.807, 2.05) is 0 Å². The van der Waals surface area contributed by atoms with E-state index >= 15 is 0 Å². The zero-order chi connectivity index (χ0) is 17.9. The molecule has 0 aliphatic carbocycles. The van der Waals surface area contributed by atoms with Gasteiger partial charge in [0.05, 0.1) is 29.2 Å². The van der Waals surface area contributed by atoms with Crippen LogP contribution in [0.3, 0.4) is 0 Å². The van der Waals surface area contributed by atoms with Crippen molar-refractivity contribution in [2.24, 2.45) is 0 Å². The van der Waals surface area contributed by atoms with E-state index in [1.54, 1.807) is 26.8 Å². The van der Waals surface area contributed by atoms with Crippen molar-refractivity contribution in [1.29, 1.82) is 0 Å². The predicted molar refractivity (Wildman–Crippen MR) is 84.6 cm³/mol. The molecule has 0 spiro atoms. The van der Waals surface area contributed by atoms with Gasteiger partial charge in [-0.15, -0.1) is 0 Å². The third-order valence-electron chi connectivity index (χ3n) is 3.69. The van der Waals surface area contributed by atoms with Crippen LogP contribution in [0.4, 0.5) is 18.9 Å². The molecule has 0 saturated heterocycles. The van der Waals surface area contributed by atoms with Gasteiger partial charge < -0.3 is 10.6 Å². The van der Waals surface area contributed by atoms with E-state index in [9.17, 15) is 18.0 Å². The van der Waals surface area contributed by atoms with Gasteiger partial charge in [-0.1, -0.05) is 18.2 Å². The van der Waals surface area contributed by atoms with Crippen molar-refractivity contribution < 1.29 is 18.0 Å². The summed E-state index contributed by atoms with van der Waals surface area (Å²) in [4.78, 5) is 12.0. The molecule has 0 fully saturated rings. The Labute approximate surface area is 137 Å². The summed E-state index contributed by atoms with van der Waals surface area (Å²) < 4.78 is 39.1. The number of alkyl halides is 3. The summed E-state index contributed by atoms with van der Waals surface area (Å²) in [7, 11) is 0. The van der Waals surface area contributed by atoms with E-state index in [2.05, 4.69) is 20.8 Å². The van der Waals surface area contributed by atoms with Crippen molar-refractivity contribution in [2.75, 3.05) is 11.9 Å². The molecule has 5 nitrogen and oxygen atoms in total. The van der Waals surface area contributed by atoms with Gasteiger partial charge in [-0.3, -0.25) is 9.89 Å². The molecule has 0 saturated carbocycles. The van der Waals surface area contributed by atoms with Crippen LogP contribution in [0, 0.1) is 13.8 Å². The maximum atomic E-state index is 13.0. The minimum Gasteiger partial charge on any atom is -0.322 e. The van der Waals surface area contributed by atoms with Crippen molar-refractivity contribution in [2.45, 2.75) is 33.0 Å². The van der Waals surface area contributed by atoms with Crippen LogP contribution >= 0.6 is 0 Å². The van der Waals surface area contributed by atoms with Gasteiger partial charge in [-0.2, -0.15) is 18.3 Å². The molecule has 24 heavy (non-hydrogen) atoms. The van der Waals surface area contributed by atoms with E-state index in [4.69, 9.17) is 0 Å². The number of benzene rings is 1. The highest BCUT2D eigenvalue weighted by atomic mass is 19.4. The fourth-order valence-corrected chi connectivity index (χ4v) is 2.41. The van der Waals surface area contributed by atoms with Crippen LogP contribution in [0.5, 0.6) is 0 Å². The Morgan fingerprint density at radius 3 is 2.54 bits per heavy atom. The van der Waals surface area contributed by atoms with E-state index in [-0.39, 0.29) is 18.0 Å². The van der Waals surface area contributed by atoms with Gasteiger partial charge in [0, 0.05) is 6.04 Å². The van der Waals surface area contributed by atoms with Crippen molar-refractivity contribution in [1.82, 2.24) is 15.5 Å². The van der Waals surface area contributed by atoms with Crippen LogP contribution < -0.4 is 10.6 Å². The fourth-order valence-electron chi connectivity index (χ4n) is 2.41. The average molecular weight is 340 g/mol. The first kappa shape index (κ1) is 18.0. The lowest BCUT2D eigenvalue weighted by atomic mass is 10.0. The first-order valence-electron chi connectivity index (χ1n) is 7.41. The van der Waals surface area contributed by atoms with Gasteiger partial charge in [-0.05, 0) is 32.4 Å². The molecule has 2 aromatic rings. The number of aromatic amines is 1. The molecule has 1 aromatic carbocycles. The molecular weight excluding hydrogens is 321 g/mol. The van der Waals surface area contributed by atoms with Crippen molar-refractivity contribution in [3.8, 4) is 0 Å². The summed E-state index contributed by atoms with van der Waals surface area (Å²) in [6.07, 6.45) is -4.43. The number of anilines is 1. The van der Waals surface area contributed by atoms with Gasteiger partial charge >= 0.3 is 6.18 Å². The van der Waals surface area contributed by atoms with Crippen LogP contribution in [-0.4, -0.2) is 22.6 Å². The second-order valence-corrected chi connectivity index (χ2v) is 5.54. The topological polar surface area (TPSA) is 69.8 Å². The molecule has 3 N–H and O–H groups in total. The zero-order valence-corrected chi connectivity index (χ0v) is 13.6. The Hall–Kier alpha value is -2.35. The first-order chi connectivity index (χ1) is 11.2. The first-order valence-corrected chi connectivity index (χ1v) is 7.41. The zero-order valence-electron chi connectivity index (χ0n) is 13.6. The Bertz CT molecular complexity index is 705. The van der Waals surface area contributed by atoms with Crippen LogP contribution in [0.25, 0.3) is 0 Å². The molecule has 8 heteroatoms. The monoisotopic (exact) mass is 340 g/mol. The number of carbonyl (C=O) groups is 1. The number of rotatable bonds is 5. The molecule has 1 amide bonds. The number of amides is 1. The van der Waals surface area contributed by atoms with Crippen LogP contribution in [0.15, 0.2) is 24.3 Å². The Kier molecular flexibility index (Phi) is 5.28. The SMILES string of the molecule is Cc1n[nH]c(C)c1NC(=O)CNC(C)c1ccccc1C(F)(F)F. The number of hydrogen-bond acceptors (Lipinski definition) is 3. The number of aryl methyl sites for hydroxylation is 2. The second kappa shape index (κ2) is 7.04. The molecular formula is C16H19F3N4O. The van der Waals surface area contributed by atoms with Crippen molar-refractivity contribution in [3.63, 3.8) is 0 Å². The van der Waals surface area contributed by atoms with Gasteiger partial charge in [0.25, 0.3) is 0 Å². The molecule has 1 heterocycles. The molecule has 2 rings (SSSR count). The van der Waals surface area contributed by atoms with E-state index < -0.39 is 17.8 Å². The Balaban J connectivity index is 2.01. The highest BCUT2D eigenvalue weighted by molar-refractivity contribution is 5.93. The molecule has 1 aromatic heterocycles. The normalized spacial score (nSPS) is 12.9. The third-order valence-corrected chi connectivity index (χ3v) is 3.69. The van der Waals surface area contributed by atoms with Gasteiger partial charge in [-0.25, -0.2) is 0 Å². The van der Waals surface area contributed by atoms with Crippen molar-refractivity contribution in [3.05, 3.63) is 46.8 Å². The van der Waals surface area contributed by atoms with E-state index in [0.717, 1.165) is 11.8 Å². The number of H-pyrrole nitrogens is 1. The van der Waals surface area contributed by atoms with E-state index in [0.29, 0.717) is 11.4 Å². The maximum absolute atomic E-state index is 13.0. The second-order valence-electron chi connectivity index (χ2n) is 5.54. The van der Waals surface area contributed by atoms with Crippen LogP contribution in [-0.2, 0) is 11.0 Å². The van der Waals surface area contributed by atoms with Crippen LogP contribution in [0.2, 0.25) is 0 Å². The summed E-state index contributed by atoms with van der Waals surface area (Å²) in [5.74, 6) is -0.348. The van der Waals surface area contributed by atoms with Gasteiger partial charge in [0.2, 0.25) is 5.91 Å². The quantitative estimate of drug-likeness (QED) is 0.782. The lowest BCUT2D eigenvalue weighted by Crippen LogP contribution is -2.31. The molecule has 1 atom stereocenters. The van der Waals surface area contributed by atoms with Crippen molar-refractivity contribution >= 4 is 11.6 Å². The highest BCUT2D eigenvalue weighted by Gasteiger charge is 2.34. The summed E-state index contributed by atoms with van der Waals surface area (Å²) in [6, 6.07) is 4.70. The maximum Gasteiger partial charge on any atom is 0.416 e. The van der Waals surface area contributed by atoms with Gasteiger partial charge in [0.1, 0.15) is 0 Å². The Morgan fingerprint density at radius 1 is 1.29 bits per heavy atom. The summed E-state index contributed by atoms with van der Waals surface area (Å²) in [5.41, 5.74) is 1.36. The number of nitrogens with zero attached hydrogens (tertiary/aromatic N) is 1. The molecule has 130 valence electrons. The third kappa shape index (κ3) is 4.14. The van der Waals surface area contributed by atoms with E-state index in [1.165, 1.54) is 12.1 Å². The Morgan fingerprint density at radius 2 is 1.96 bits per heavy atom. The molecule has 0 radical (unpaired) electrons. The summed E-state index contributed by atoms with van der Waals surface area (Å²) in [5, 5.41) is 12.2. The average Bonchev–Trinajstić information content (AvgIpc) is 2.83. The largest absolute Gasteiger partial charge is 0.416 e. The number of hydrogen-bond donors (Lipinski definition) is 3. The predicted octanol–water partition coefficient (Wildman–Crippen LogP) is 3.33. The number of halogens is 3. The van der Waals surface area contributed by atoms with Crippen LogP contribution in [0.1, 0.15) is 35.5 Å². The van der Waals surface area contributed by atoms with Gasteiger partial charge in [0.15, 0.2) is 0 Å². The molecule has 0 aliphatic heterocycles. The molecule has 1 unspecified atom stereocenters. The lowest BCUT2D eigenvalue weighted by molar-refractivity contribution is -0.138. The number of carbonyl (C=O) groups excluding carboxylic acids is 1. The lowest BCUT2D eigenvalue weighted by Gasteiger charge is -2.19. The minimum atomic E-state index is -4.43. The molecule has 0 aliphatic rings. The summed E-state index contributed by atoms with van der Waals surface area (Å²) >= 11 is 0.